The van der Waals surface area contributed by atoms with Crippen LogP contribution < -0.4 is 4.72 Å². The van der Waals surface area contributed by atoms with Crippen LogP contribution in [-0.2, 0) is 14.8 Å². The molecule has 0 aliphatic carbocycles. The van der Waals surface area contributed by atoms with Crippen LogP contribution in [0.4, 0.5) is 0 Å². The lowest BCUT2D eigenvalue weighted by atomic mass is 10.0. The molecule has 114 valence electrons. The molecule has 0 amide bonds. The maximum absolute atomic E-state index is 12.3. The van der Waals surface area contributed by atoms with Crippen molar-refractivity contribution in [2.24, 2.45) is 0 Å². The summed E-state index contributed by atoms with van der Waals surface area (Å²) in [6.07, 6.45) is 0.191. The fourth-order valence-corrected chi connectivity index (χ4v) is 4.29. The molecule has 0 saturated carbocycles. The molecular weight excluding hydrogens is 306 g/mol. The zero-order chi connectivity index (χ0) is 15.4. The summed E-state index contributed by atoms with van der Waals surface area (Å²) in [4.78, 5) is 11.2. The molecule has 0 bridgehead atoms. The number of methoxy groups -OCH3 is 1. The van der Waals surface area contributed by atoms with Gasteiger partial charge in [0.1, 0.15) is 9.77 Å². The predicted molar refractivity (Wildman–Crippen MR) is 73.2 cm³/mol. The highest BCUT2D eigenvalue weighted by Crippen LogP contribution is 2.24. The first-order chi connectivity index (χ1) is 9.35. The van der Waals surface area contributed by atoms with E-state index in [1.165, 1.54) is 11.4 Å². The molecule has 0 fully saturated rings. The molecule has 3 N–H and O–H groups in total. The number of esters is 1. The number of aliphatic hydroxyl groups excluding tert-OH is 2. The van der Waals surface area contributed by atoms with Crippen molar-refractivity contribution in [2.45, 2.75) is 23.8 Å². The van der Waals surface area contributed by atoms with Gasteiger partial charge in [0.15, 0.2) is 0 Å². The molecule has 0 aliphatic rings. The van der Waals surface area contributed by atoms with E-state index in [0.29, 0.717) is 0 Å². The number of thiophene rings is 1. The van der Waals surface area contributed by atoms with Crippen molar-refractivity contribution in [1.82, 2.24) is 4.72 Å². The maximum Gasteiger partial charge on any atom is 0.349 e. The lowest BCUT2D eigenvalue weighted by Gasteiger charge is -2.29. The van der Waals surface area contributed by atoms with Gasteiger partial charge in [-0.05, 0) is 17.9 Å². The van der Waals surface area contributed by atoms with E-state index >= 15 is 0 Å². The zero-order valence-corrected chi connectivity index (χ0v) is 12.8. The molecule has 0 aromatic carbocycles. The minimum atomic E-state index is -4.06. The summed E-state index contributed by atoms with van der Waals surface area (Å²) < 4.78 is 31.4. The Bertz CT molecular complexity index is 553. The smallest absolute Gasteiger partial charge is 0.349 e. The quantitative estimate of drug-likeness (QED) is 0.606. The summed E-state index contributed by atoms with van der Waals surface area (Å²) in [6.45, 7) is 0.512. The van der Waals surface area contributed by atoms with E-state index in [1.54, 1.807) is 6.92 Å². The molecule has 0 atom stereocenters. The molecule has 1 aromatic heterocycles. The Hall–Kier alpha value is -1.00. The van der Waals surface area contributed by atoms with Crippen LogP contribution in [0, 0.1) is 0 Å². The number of nitrogens with one attached hydrogen (secondary N) is 1. The van der Waals surface area contributed by atoms with Crippen molar-refractivity contribution >= 4 is 27.3 Å². The maximum atomic E-state index is 12.3. The molecule has 0 unspecified atom stereocenters. The molecule has 1 aromatic rings. The average Bonchev–Trinajstić information content (AvgIpc) is 2.94. The zero-order valence-electron chi connectivity index (χ0n) is 11.1. The monoisotopic (exact) mass is 323 g/mol. The molecule has 7 nitrogen and oxygen atoms in total. The summed E-state index contributed by atoms with van der Waals surface area (Å²) in [6, 6.07) is 1.27. The number of carbonyl (C=O) groups excluding carboxylic acids is 1. The number of sulfonamides is 1. The Labute approximate surface area is 121 Å². The van der Waals surface area contributed by atoms with E-state index in [0.717, 1.165) is 18.4 Å². The lowest BCUT2D eigenvalue weighted by molar-refractivity contribution is 0.0602. The Morgan fingerprint density at radius 3 is 2.50 bits per heavy atom. The van der Waals surface area contributed by atoms with Crippen molar-refractivity contribution in [1.29, 1.82) is 0 Å². The molecule has 1 rings (SSSR count). The number of hydrogen-bond donors (Lipinski definition) is 3. The van der Waals surface area contributed by atoms with Gasteiger partial charge in [-0.2, -0.15) is 0 Å². The third kappa shape index (κ3) is 3.36. The molecule has 9 heteroatoms. The van der Waals surface area contributed by atoms with Crippen LogP contribution in [-0.4, -0.2) is 50.5 Å². The predicted octanol–water partition coefficient (Wildman–Crippen LogP) is -0.0536. The fraction of sp³-hybridized carbons (Fsp3) is 0.545. The van der Waals surface area contributed by atoms with Crippen LogP contribution >= 0.6 is 11.3 Å². The van der Waals surface area contributed by atoms with Gasteiger partial charge in [-0.15, -0.1) is 11.3 Å². The summed E-state index contributed by atoms with van der Waals surface area (Å²) in [5, 5.41) is 20.0. The van der Waals surface area contributed by atoms with Gasteiger partial charge in [-0.3, -0.25) is 0 Å². The van der Waals surface area contributed by atoms with E-state index in [4.69, 9.17) is 0 Å². The van der Waals surface area contributed by atoms with Gasteiger partial charge >= 0.3 is 5.97 Å². The van der Waals surface area contributed by atoms with E-state index < -0.39 is 34.7 Å². The van der Waals surface area contributed by atoms with E-state index in [1.807, 2.05) is 0 Å². The Morgan fingerprint density at radius 1 is 1.45 bits per heavy atom. The van der Waals surface area contributed by atoms with Crippen LogP contribution in [0.3, 0.4) is 0 Å². The molecule has 0 aliphatic heterocycles. The van der Waals surface area contributed by atoms with Crippen molar-refractivity contribution in [3.63, 3.8) is 0 Å². The highest BCUT2D eigenvalue weighted by Gasteiger charge is 2.35. The van der Waals surface area contributed by atoms with Gasteiger partial charge in [0.2, 0.25) is 10.0 Å². The second-order valence-corrected chi connectivity index (χ2v) is 6.73. The lowest BCUT2D eigenvalue weighted by Crippen LogP contribution is -2.53. The Balaban J connectivity index is 3.18. The minimum Gasteiger partial charge on any atom is -0.465 e. The fourth-order valence-electron chi connectivity index (χ4n) is 1.50. The number of aliphatic hydroxyl groups is 2. The first-order valence-corrected chi connectivity index (χ1v) is 8.13. The summed E-state index contributed by atoms with van der Waals surface area (Å²) in [7, 11) is -2.90. The second kappa shape index (κ2) is 6.64. The van der Waals surface area contributed by atoms with Crippen LogP contribution in [0.25, 0.3) is 0 Å². The van der Waals surface area contributed by atoms with Crippen LogP contribution in [0.2, 0.25) is 0 Å². The summed E-state index contributed by atoms with van der Waals surface area (Å²) in [5.74, 6) is -0.754. The number of rotatable bonds is 7. The number of ether oxygens (including phenoxy) is 1. The minimum absolute atomic E-state index is 0.0547. The average molecular weight is 323 g/mol. The van der Waals surface area contributed by atoms with Crippen molar-refractivity contribution in [2.75, 3.05) is 20.3 Å². The highest BCUT2D eigenvalue weighted by molar-refractivity contribution is 7.89. The van der Waals surface area contributed by atoms with Gasteiger partial charge in [0.05, 0.1) is 25.9 Å². The second-order valence-electron chi connectivity index (χ2n) is 4.16. The van der Waals surface area contributed by atoms with Gasteiger partial charge in [-0.25, -0.2) is 17.9 Å². The molecule has 1 heterocycles. The topological polar surface area (TPSA) is 113 Å². The Morgan fingerprint density at radius 2 is 2.05 bits per heavy atom. The van der Waals surface area contributed by atoms with E-state index in [-0.39, 0.29) is 16.2 Å². The van der Waals surface area contributed by atoms with Gasteiger partial charge in [0, 0.05) is 0 Å². The van der Waals surface area contributed by atoms with Gasteiger partial charge in [-0.1, -0.05) is 6.92 Å². The normalized spacial score (nSPS) is 12.4. The third-order valence-electron chi connectivity index (χ3n) is 2.92. The largest absolute Gasteiger partial charge is 0.465 e. The number of hydrogen-bond acceptors (Lipinski definition) is 7. The first-order valence-electron chi connectivity index (χ1n) is 5.77. The third-order valence-corrected chi connectivity index (χ3v) is 5.57. The van der Waals surface area contributed by atoms with Crippen LogP contribution in [0.15, 0.2) is 16.3 Å². The van der Waals surface area contributed by atoms with Crippen molar-refractivity contribution in [3.05, 3.63) is 16.3 Å². The standard InChI is InChI=1S/C11H17NO6S2/c1-3-11(6-13,7-14)12-20(16,17)8-4-5-19-9(8)10(15)18-2/h4-5,12-14H,3,6-7H2,1-2H3. The van der Waals surface area contributed by atoms with E-state index in [9.17, 15) is 23.4 Å². The van der Waals surface area contributed by atoms with Crippen LogP contribution in [0.1, 0.15) is 23.0 Å². The molecule has 0 radical (unpaired) electrons. The molecule has 0 saturated heterocycles. The number of carbonyl (C=O) groups is 1. The molecular formula is C11H17NO6S2. The molecule has 20 heavy (non-hydrogen) atoms. The van der Waals surface area contributed by atoms with E-state index in [2.05, 4.69) is 9.46 Å². The summed E-state index contributed by atoms with van der Waals surface area (Å²) in [5.41, 5.74) is -1.37. The summed E-state index contributed by atoms with van der Waals surface area (Å²) >= 11 is 0.939. The SMILES string of the molecule is CCC(CO)(CO)NS(=O)(=O)c1ccsc1C(=O)OC. The van der Waals surface area contributed by atoms with Gasteiger partial charge < -0.3 is 14.9 Å². The van der Waals surface area contributed by atoms with Crippen molar-refractivity contribution < 1.29 is 28.2 Å². The van der Waals surface area contributed by atoms with Crippen LogP contribution in [0.5, 0.6) is 0 Å². The Kier molecular flexibility index (Phi) is 5.66. The highest BCUT2D eigenvalue weighted by atomic mass is 32.2. The molecule has 0 spiro atoms. The van der Waals surface area contributed by atoms with Gasteiger partial charge in [0.25, 0.3) is 0 Å². The first kappa shape index (κ1) is 17.1. The van der Waals surface area contributed by atoms with Crippen molar-refractivity contribution in [3.8, 4) is 0 Å².